The van der Waals surface area contributed by atoms with Crippen LogP contribution in [0.25, 0.3) is 24.3 Å². The Kier molecular flexibility index (Phi) is 26.9. The van der Waals surface area contributed by atoms with E-state index in [1.807, 2.05) is 12.1 Å². The van der Waals surface area contributed by atoms with Crippen molar-refractivity contribution in [2.24, 2.45) is 0 Å². The van der Waals surface area contributed by atoms with Gasteiger partial charge in [-0.15, -0.1) is 22.7 Å². The standard InChI is InChI=1S/C21H27NOS.C20H27NS.C4H9.Li/c1-3-5-15-22(16-6-4-2)19-10-7-18(8-11-19)9-12-20-13-14-21(17-23)24-20;1-3-5-15-21(16-6-4-2)19-12-9-18(10-13-19)11-14-20-8-7-17-22-20;1-3-4-2;/h7-14,17H,3-6,15-16H2,1-2H3;7-14,17H,3-6,15-16H2,1-2H3;1,3-4H2,2H3;/q;;-1;+1/b12-9+;14-11+;;. The Bertz CT molecular complexity index is 1420. The van der Waals surface area contributed by atoms with E-state index in [0.717, 1.165) is 35.6 Å². The third kappa shape index (κ3) is 19.6. The third-order valence-electron chi connectivity index (χ3n) is 8.18. The van der Waals surface area contributed by atoms with Crippen molar-refractivity contribution in [2.75, 3.05) is 36.0 Å². The molecule has 0 aliphatic rings. The van der Waals surface area contributed by atoms with Crippen molar-refractivity contribution in [1.82, 2.24) is 0 Å². The molecule has 2 heterocycles. The van der Waals surface area contributed by atoms with Crippen LogP contribution in [-0.2, 0) is 0 Å². The molecule has 4 aromatic rings. The molecule has 0 radical (unpaired) electrons. The Hall–Kier alpha value is -2.81. The van der Waals surface area contributed by atoms with Gasteiger partial charge in [-0.3, -0.25) is 4.79 Å². The average Bonchev–Trinajstić information content (AvgIpc) is 3.87. The first kappa shape index (κ1) is 46.2. The number of hydrogen-bond donors (Lipinski definition) is 0. The fraction of sp³-hybridized carbons (Fsp3) is 0.422. The molecule has 0 aliphatic carbocycles. The number of anilines is 2. The van der Waals surface area contributed by atoms with Crippen LogP contribution in [0.3, 0.4) is 0 Å². The smallest absolute Gasteiger partial charge is 0.372 e. The Morgan fingerprint density at radius 3 is 1.29 bits per heavy atom. The first-order chi connectivity index (χ1) is 24.5. The number of nitrogens with zero attached hydrogens (tertiary/aromatic N) is 2. The number of carbonyl (C=O) groups excluding carboxylic acids is 1. The van der Waals surface area contributed by atoms with Crippen LogP contribution in [0.5, 0.6) is 0 Å². The molecule has 0 aliphatic heterocycles. The topological polar surface area (TPSA) is 23.6 Å². The summed E-state index contributed by atoms with van der Waals surface area (Å²) in [5.74, 6) is 0. The van der Waals surface area contributed by atoms with E-state index >= 15 is 0 Å². The van der Waals surface area contributed by atoms with Crippen LogP contribution in [0.1, 0.15) is 129 Å². The largest absolute Gasteiger partial charge is 1.00 e. The fourth-order valence-electron chi connectivity index (χ4n) is 4.99. The first-order valence-corrected chi connectivity index (χ1v) is 20.6. The molecule has 0 fully saturated rings. The molecule has 4 rings (SSSR count). The molecule has 0 saturated carbocycles. The van der Waals surface area contributed by atoms with E-state index < -0.39 is 0 Å². The van der Waals surface area contributed by atoms with Gasteiger partial charge in [-0.1, -0.05) is 109 Å². The van der Waals surface area contributed by atoms with Crippen LogP contribution < -0.4 is 28.7 Å². The van der Waals surface area contributed by atoms with E-state index in [9.17, 15) is 4.79 Å². The van der Waals surface area contributed by atoms with Crippen molar-refractivity contribution in [1.29, 1.82) is 0 Å². The summed E-state index contributed by atoms with van der Waals surface area (Å²) in [6, 6.07) is 25.8. The van der Waals surface area contributed by atoms with Gasteiger partial charge < -0.3 is 16.7 Å². The van der Waals surface area contributed by atoms with Gasteiger partial charge in [0.05, 0.1) is 4.88 Å². The maximum Gasteiger partial charge on any atom is 1.00 e. The number of aldehydes is 1. The van der Waals surface area contributed by atoms with Crippen molar-refractivity contribution in [3.05, 3.63) is 111 Å². The van der Waals surface area contributed by atoms with Crippen LogP contribution in [0.15, 0.2) is 78.2 Å². The molecule has 3 nitrogen and oxygen atoms in total. The monoisotopic (exact) mass is 718 g/mol. The van der Waals surface area contributed by atoms with Crippen molar-refractivity contribution >= 4 is 64.6 Å². The molecular weight excluding hydrogens is 656 g/mol. The Morgan fingerprint density at radius 2 is 0.961 bits per heavy atom. The summed E-state index contributed by atoms with van der Waals surface area (Å²) < 4.78 is 0. The van der Waals surface area contributed by atoms with Crippen LogP contribution in [0.2, 0.25) is 0 Å². The molecule has 0 N–H and O–H groups in total. The van der Waals surface area contributed by atoms with Gasteiger partial charge in [0.2, 0.25) is 0 Å². The van der Waals surface area contributed by atoms with Crippen molar-refractivity contribution in [3.63, 3.8) is 0 Å². The molecule has 0 spiro atoms. The number of carbonyl (C=O) groups is 1. The zero-order valence-corrected chi connectivity index (χ0v) is 34.3. The van der Waals surface area contributed by atoms with Gasteiger partial charge in [0.15, 0.2) is 6.29 Å². The van der Waals surface area contributed by atoms with Crippen molar-refractivity contribution in [3.8, 4) is 0 Å². The zero-order chi connectivity index (χ0) is 36.2. The summed E-state index contributed by atoms with van der Waals surface area (Å²) in [7, 11) is 0. The van der Waals surface area contributed by atoms with Gasteiger partial charge in [0.1, 0.15) is 0 Å². The SMILES string of the molecule is CCCCN(CCCC)c1ccc(/C=C/c2ccc(C=O)s2)cc1.CCCCN(CCCC)c1ccc(/C=C/c2cccs2)cc1.[CH2-]CCC.[Li+]. The summed E-state index contributed by atoms with van der Waals surface area (Å²) >= 11 is 3.29. The minimum Gasteiger partial charge on any atom is -0.372 e. The maximum absolute atomic E-state index is 10.7. The van der Waals surface area contributed by atoms with Gasteiger partial charge in [0.25, 0.3) is 0 Å². The van der Waals surface area contributed by atoms with Gasteiger partial charge in [-0.2, -0.15) is 6.42 Å². The molecule has 2 aromatic heterocycles. The number of hydrogen-bond acceptors (Lipinski definition) is 5. The molecule has 0 atom stereocenters. The van der Waals surface area contributed by atoms with Crippen LogP contribution in [-0.4, -0.2) is 32.5 Å². The normalized spacial score (nSPS) is 10.6. The molecule has 0 amide bonds. The van der Waals surface area contributed by atoms with Gasteiger partial charge in [-0.05, 0) is 96.8 Å². The summed E-state index contributed by atoms with van der Waals surface area (Å²) in [5, 5.41) is 2.11. The molecule has 6 heteroatoms. The van der Waals surface area contributed by atoms with E-state index in [4.69, 9.17) is 0 Å². The van der Waals surface area contributed by atoms with E-state index in [1.54, 1.807) is 11.3 Å². The number of unbranched alkanes of at least 4 members (excludes halogenated alkanes) is 5. The summed E-state index contributed by atoms with van der Waals surface area (Å²) in [4.78, 5) is 18.9. The van der Waals surface area contributed by atoms with Crippen molar-refractivity contribution in [2.45, 2.75) is 98.8 Å². The van der Waals surface area contributed by atoms with Crippen LogP contribution in [0, 0.1) is 6.92 Å². The predicted molar refractivity (Wildman–Crippen MR) is 229 cm³/mol. The Labute approximate surface area is 332 Å². The average molecular weight is 719 g/mol. The summed E-state index contributed by atoms with van der Waals surface area (Å²) in [5.41, 5.74) is 5.12. The Balaban J connectivity index is 0.000000455. The quantitative estimate of drug-likeness (QED) is 0.0516. The predicted octanol–water partition coefficient (Wildman–Crippen LogP) is 11.1. The molecule has 0 bridgehead atoms. The van der Waals surface area contributed by atoms with E-state index in [0.29, 0.717) is 0 Å². The minimum absolute atomic E-state index is 0. The molecular formula is C45H63LiN2OS2. The Morgan fingerprint density at radius 1 is 0.549 bits per heavy atom. The second-order valence-corrected chi connectivity index (χ2v) is 14.6. The van der Waals surface area contributed by atoms with Crippen molar-refractivity contribution < 1.29 is 23.7 Å². The second kappa shape index (κ2) is 29.7. The van der Waals surface area contributed by atoms with E-state index in [2.05, 4.69) is 142 Å². The van der Waals surface area contributed by atoms with Gasteiger partial charge >= 0.3 is 18.9 Å². The third-order valence-corrected chi connectivity index (χ3v) is 10.00. The maximum atomic E-state index is 10.7. The van der Waals surface area contributed by atoms with Crippen LogP contribution in [0.4, 0.5) is 11.4 Å². The molecule has 2 aromatic carbocycles. The van der Waals surface area contributed by atoms with Crippen LogP contribution >= 0.6 is 22.7 Å². The summed E-state index contributed by atoms with van der Waals surface area (Å²) in [6.45, 7) is 19.3. The molecule has 272 valence electrons. The second-order valence-electron chi connectivity index (χ2n) is 12.5. The molecule has 0 saturated heterocycles. The van der Waals surface area contributed by atoms with Gasteiger partial charge in [0, 0.05) is 47.3 Å². The number of thiophene rings is 2. The molecule has 0 unspecified atom stereocenters. The number of rotatable bonds is 20. The van der Waals surface area contributed by atoms with Gasteiger partial charge in [-0.25, -0.2) is 0 Å². The van der Waals surface area contributed by atoms with E-state index in [1.165, 1.54) is 110 Å². The fourth-order valence-corrected chi connectivity index (χ4v) is 6.34. The molecule has 51 heavy (non-hydrogen) atoms. The first-order valence-electron chi connectivity index (χ1n) is 19.0. The number of benzene rings is 2. The summed E-state index contributed by atoms with van der Waals surface area (Å²) in [6.07, 6.45) is 21.7. The van der Waals surface area contributed by atoms with E-state index in [-0.39, 0.29) is 18.9 Å². The zero-order valence-electron chi connectivity index (χ0n) is 32.6. The minimum atomic E-state index is 0.